The van der Waals surface area contributed by atoms with Crippen molar-refractivity contribution in [2.24, 2.45) is 0 Å². The Morgan fingerprint density at radius 2 is 2.08 bits per heavy atom. The van der Waals surface area contributed by atoms with Gasteiger partial charge in [0.15, 0.2) is 6.79 Å². The van der Waals surface area contributed by atoms with Crippen molar-refractivity contribution in [1.82, 2.24) is 0 Å². The molecule has 0 radical (unpaired) electrons. The van der Waals surface area contributed by atoms with Crippen molar-refractivity contribution in [2.45, 2.75) is 25.0 Å². The average Bonchev–Trinajstić information content (AvgIpc) is 2.64. The van der Waals surface area contributed by atoms with Crippen LogP contribution in [0.1, 0.15) is 28.4 Å². The van der Waals surface area contributed by atoms with Gasteiger partial charge < -0.3 is 14.2 Å². The minimum atomic E-state index is -0.461. The molecule has 2 aromatic rings. The molecule has 5 nitrogen and oxygen atoms in total. The van der Waals surface area contributed by atoms with Crippen LogP contribution in [0.2, 0.25) is 5.02 Å². The Hall–Kier alpha value is -2.02. The quantitative estimate of drug-likeness (QED) is 0.541. The van der Waals surface area contributed by atoms with Crippen molar-refractivity contribution >= 4 is 35.1 Å². The van der Waals surface area contributed by atoms with Gasteiger partial charge in [0.2, 0.25) is 0 Å². The standard InChI is InChI=1S/C19H17ClO5S/c1-12(21)10-26-17-5-3-2-4-16(17)19(22)24-9-14-7-15(20)6-13-8-23-11-25-18(13)14/h2-7H,8-11H2,1H3. The minimum absolute atomic E-state index is 0.0352. The molecule has 1 heterocycles. The smallest absolute Gasteiger partial charge is 0.339 e. The van der Waals surface area contributed by atoms with Crippen molar-refractivity contribution in [3.05, 3.63) is 58.1 Å². The number of esters is 1. The number of rotatable bonds is 6. The third kappa shape index (κ3) is 4.58. The first-order valence-corrected chi connectivity index (χ1v) is 9.31. The second-order valence-electron chi connectivity index (χ2n) is 5.73. The number of halogens is 1. The van der Waals surface area contributed by atoms with Crippen LogP contribution in [-0.2, 0) is 27.5 Å². The zero-order chi connectivity index (χ0) is 18.5. The van der Waals surface area contributed by atoms with Crippen LogP contribution >= 0.6 is 23.4 Å². The molecule has 3 rings (SSSR count). The van der Waals surface area contributed by atoms with Crippen LogP contribution in [-0.4, -0.2) is 24.3 Å². The first-order valence-electron chi connectivity index (χ1n) is 7.95. The van der Waals surface area contributed by atoms with E-state index in [0.29, 0.717) is 39.2 Å². The lowest BCUT2D eigenvalue weighted by atomic mass is 10.1. The van der Waals surface area contributed by atoms with E-state index in [1.807, 2.05) is 6.07 Å². The molecule has 0 unspecified atom stereocenters. The summed E-state index contributed by atoms with van der Waals surface area (Å²) in [5, 5.41) is 0.529. The van der Waals surface area contributed by atoms with Crippen LogP contribution in [0.5, 0.6) is 5.75 Å². The molecule has 2 aromatic carbocycles. The van der Waals surface area contributed by atoms with Gasteiger partial charge in [0.25, 0.3) is 0 Å². The molecule has 0 N–H and O–H groups in total. The van der Waals surface area contributed by atoms with Gasteiger partial charge in [-0.05, 0) is 31.2 Å². The summed E-state index contributed by atoms with van der Waals surface area (Å²) in [6.45, 7) is 2.11. The summed E-state index contributed by atoms with van der Waals surface area (Å²) in [6.07, 6.45) is 0. The third-order valence-electron chi connectivity index (χ3n) is 3.65. The van der Waals surface area contributed by atoms with Crippen LogP contribution in [0.15, 0.2) is 41.3 Å². The number of thioether (sulfide) groups is 1. The first-order chi connectivity index (χ1) is 12.5. The van der Waals surface area contributed by atoms with Crippen molar-refractivity contribution in [1.29, 1.82) is 0 Å². The minimum Gasteiger partial charge on any atom is -0.467 e. The predicted octanol–water partition coefficient (Wildman–Crippen LogP) is 4.24. The largest absolute Gasteiger partial charge is 0.467 e. The van der Waals surface area contributed by atoms with E-state index in [2.05, 4.69) is 0 Å². The first kappa shape index (κ1) is 18.8. The Kier molecular flexibility index (Phi) is 6.19. The van der Waals surface area contributed by atoms with Gasteiger partial charge in [-0.1, -0.05) is 23.7 Å². The number of hydrogen-bond donors (Lipinski definition) is 0. The molecule has 0 fully saturated rings. The van der Waals surface area contributed by atoms with Crippen LogP contribution in [0.4, 0.5) is 0 Å². The second-order valence-corrected chi connectivity index (χ2v) is 7.18. The maximum Gasteiger partial charge on any atom is 0.339 e. The monoisotopic (exact) mass is 392 g/mol. The molecule has 0 bridgehead atoms. The van der Waals surface area contributed by atoms with Crippen LogP contribution in [0, 0.1) is 0 Å². The molecule has 0 spiro atoms. The maximum absolute atomic E-state index is 12.5. The van der Waals surface area contributed by atoms with Gasteiger partial charge in [0.1, 0.15) is 18.1 Å². The van der Waals surface area contributed by atoms with Crippen molar-refractivity contribution in [2.75, 3.05) is 12.5 Å². The van der Waals surface area contributed by atoms with Gasteiger partial charge in [-0.15, -0.1) is 11.8 Å². The summed E-state index contributed by atoms with van der Waals surface area (Å²) in [7, 11) is 0. The summed E-state index contributed by atoms with van der Waals surface area (Å²) < 4.78 is 16.2. The Morgan fingerprint density at radius 1 is 1.27 bits per heavy atom. The fraction of sp³-hybridized carbons (Fsp3) is 0.263. The maximum atomic E-state index is 12.5. The molecule has 0 aromatic heterocycles. The number of ether oxygens (including phenoxy) is 3. The molecular weight excluding hydrogens is 376 g/mol. The predicted molar refractivity (Wildman–Crippen MR) is 98.7 cm³/mol. The van der Waals surface area contributed by atoms with Crippen molar-refractivity contribution < 1.29 is 23.8 Å². The second kappa shape index (κ2) is 8.58. The molecule has 136 valence electrons. The lowest BCUT2D eigenvalue weighted by Crippen LogP contribution is -2.14. The Balaban J connectivity index is 1.74. The van der Waals surface area contributed by atoms with Gasteiger partial charge in [-0.2, -0.15) is 0 Å². The lowest BCUT2D eigenvalue weighted by molar-refractivity contribution is -0.114. The van der Waals surface area contributed by atoms with Gasteiger partial charge in [0.05, 0.1) is 17.9 Å². The highest BCUT2D eigenvalue weighted by Crippen LogP contribution is 2.32. The molecule has 0 saturated carbocycles. The van der Waals surface area contributed by atoms with E-state index >= 15 is 0 Å². The molecule has 0 aliphatic carbocycles. The third-order valence-corrected chi connectivity index (χ3v) is 5.08. The van der Waals surface area contributed by atoms with Crippen LogP contribution < -0.4 is 4.74 Å². The van der Waals surface area contributed by atoms with Gasteiger partial charge in [-0.3, -0.25) is 4.79 Å². The molecule has 0 atom stereocenters. The van der Waals surface area contributed by atoms with E-state index in [-0.39, 0.29) is 19.2 Å². The fourth-order valence-corrected chi connectivity index (χ4v) is 3.63. The molecular formula is C19H17ClO5S. The van der Waals surface area contributed by atoms with E-state index in [4.69, 9.17) is 25.8 Å². The number of hydrogen-bond acceptors (Lipinski definition) is 6. The number of ketones is 1. The van der Waals surface area contributed by atoms with E-state index < -0.39 is 5.97 Å². The molecule has 7 heteroatoms. The summed E-state index contributed by atoms with van der Waals surface area (Å²) in [5.41, 5.74) is 1.95. The van der Waals surface area contributed by atoms with Gasteiger partial charge >= 0.3 is 5.97 Å². The summed E-state index contributed by atoms with van der Waals surface area (Å²) in [4.78, 5) is 24.4. The molecule has 1 aliphatic rings. The number of benzene rings is 2. The Bertz CT molecular complexity index is 837. The summed E-state index contributed by atoms with van der Waals surface area (Å²) >= 11 is 7.44. The lowest BCUT2D eigenvalue weighted by Gasteiger charge is -2.21. The highest BCUT2D eigenvalue weighted by atomic mass is 35.5. The fourth-order valence-electron chi connectivity index (χ4n) is 2.53. The Morgan fingerprint density at radius 3 is 2.88 bits per heavy atom. The van der Waals surface area contributed by atoms with Crippen LogP contribution in [0.3, 0.4) is 0 Å². The molecule has 0 amide bonds. The number of carbonyl (C=O) groups is 2. The Labute approximate surface area is 160 Å². The van der Waals surface area contributed by atoms with E-state index in [0.717, 1.165) is 5.56 Å². The number of carbonyl (C=O) groups excluding carboxylic acids is 2. The topological polar surface area (TPSA) is 61.8 Å². The van der Waals surface area contributed by atoms with Crippen LogP contribution in [0.25, 0.3) is 0 Å². The van der Waals surface area contributed by atoms with Gasteiger partial charge in [-0.25, -0.2) is 4.79 Å². The summed E-state index contributed by atoms with van der Waals surface area (Å²) in [5.74, 6) is 0.535. The highest BCUT2D eigenvalue weighted by molar-refractivity contribution is 8.00. The normalized spacial score (nSPS) is 12.8. The SMILES string of the molecule is CC(=O)CSc1ccccc1C(=O)OCc1cc(Cl)cc2c1OCOC2. The van der Waals surface area contributed by atoms with E-state index in [1.165, 1.54) is 18.7 Å². The molecule has 1 aliphatic heterocycles. The highest BCUT2D eigenvalue weighted by Gasteiger charge is 2.19. The zero-order valence-electron chi connectivity index (χ0n) is 14.1. The number of fused-ring (bicyclic) bond motifs is 1. The van der Waals surface area contributed by atoms with Crippen molar-refractivity contribution in [3.8, 4) is 5.75 Å². The average molecular weight is 393 g/mol. The van der Waals surface area contributed by atoms with Crippen molar-refractivity contribution in [3.63, 3.8) is 0 Å². The van der Waals surface area contributed by atoms with E-state index in [9.17, 15) is 9.59 Å². The molecule has 26 heavy (non-hydrogen) atoms. The molecule has 0 saturated heterocycles. The van der Waals surface area contributed by atoms with E-state index in [1.54, 1.807) is 30.3 Å². The zero-order valence-corrected chi connectivity index (χ0v) is 15.7. The van der Waals surface area contributed by atoms with Gasteiger partial charge in [0, 0.05) is 21.0 Å². The number of Topliss-reactive ketones (excluding diaryl/α,β-unsaturated/α-hetero) is 1. The summed E-state index contributed by atoms with van der Waals surface area (Å²) in [6, 6.07) is 10.6.